The van der Waals surface area contributed by atoms with Crippen LogP contribution >= 0.6 is 23.1 Å². The number of aromatic nitrogens is 3. The zero-order valence-electron chi connectivity index (χ0n) is 14.6. The van der Waals surface area contributed by atoms with E-state index in [1.807, 2.05) is 0 Å². The largest absolute Gasteiger partial charge is 0.374 e. The maximum Gasteiger partial charge on any atom is 0.263 e. The first-order valence-corrected chi connectivity index (χ1v) is 11.1. The molecule has 12 heteroatoms. The number of thioether (sulfide) groups is 1. The monoisotopic (exact) mass is 436 g/mol. The van der Waals surface area contributed by atoms with E-state index in [0.717, 1.165) is 0 Å². The summed E-state index contributed by atoms with van der Waals surface area (Å²) in [5.74, 6) is -0.0240. The second-order valence-corrected chi connectivity index (χ2v) is 9.78. The summed E-state index contributed by atoms with van der Waals surface area (Å²) in [5, 5.41) is 10.2. The van der Waals surface area contributed by atoms with Crippen LogP contribution in [0, 0.1) is 0 Å². The number of nitrogen functional groups attached to an aromatic ring is 1. The minimum atomic E-state index is -3.77. The molecular weight excluding hydrogens is 420 g/mol. The smallest absolute Gasteiger partial charge is 0.263 e. The van der Waals surface area contributed by atoms with Gasteiger partial charge in [-0.2, -0.15) is 0 Å². The summed E-state index contributed by atoms with van der Waals surface area (Å²) in [6.45, 7) is 1.73. The summed E-state index contributed by atoms with van der Waals surface area (Å²) < 4.78 is 27.8. The SMILES string of the molecule is CC(Sc1nnc(N)s1)C(=O)Nc1ccc(S(=O)(=O)Nc2ccccn2)cc1. The highest BCUT2D eigenvalue weighted by Crippen LogP contribution is 2.28. The fourth-order valence-corrected chi connectivity index (χ4v) is 4.84. The van der Waals surface area contributed by atoms with Gasteiger partial charge in [0.05, 0.1) is 10.1 Å². The quantitative estimate of drug-likeness (QED) is 0.480. The minimum Gasteiger partial charge on any atom is -0.374 e. The van der Waals surface area contributed by atoms with E-state index in [4.69, 9.17) is 5.73 Å². The molecular formula is C16H16N6O3S3. The Labute approximate surface area is 169 Å². The average Bonchev–Trinajstić information content (AvgIpc) is 3.07. The number of rotatable bonds is 7. The Hall–Kier alpha value is -2.70. The molecule has 0 fully saturated rings. The molecule has 3 rings (SSSR count). The number of benzene rings is 1. The number of nitrogens with one attached hydrogen (secondary N) is 2. The van der Waals surface area contributed by atoms with Gasteiger partial charge in [-0.1, -0.05) is 29.2 Å². The van der Waals surface area contributed by atoms with E-state index in [-0.39, 0.29) is 16.6 Å². The third-order valence-corrected chi connectivity index (χ3v) is 6.71. The van der Waals surface area contributed by atoms with Gasteiger partial charge in [-0.15, -0.1) is 10.2 Å². The van der Waals surface area contributed by atoms with Crippen molar-refractivity contribution in [3.63, 3.8) is 0 Å². The molecule has 3 aromatic rings. The second-order valence-electron chi connectivity index (χ2n) is 5.50. The van der Waals surface area contributed by atoms with E-state index in [0.29, 0.717) is 15.2 Å². The van der Waals surface area contributed by atoms with Gasteiger partial charge < -0.3 is 11.1 Å². The number of hydrogen-bond acceptors (Lipinski definition) is 9. The Balaban J connectivity index is 1.62. The molecule has 0 radical (unpaired) electrons. The first-order valence-electron chi connectivity index (χ1n) is 7.94. The summed E-state index contributed by atoms with van der Waals surface area (Å²) in [6.07, 6.45) is 1.49. The number of nitrogens with two attached hydrogens (primary N) is 1. The number of nitrogens with zero attached hydrogens (tertiary/aromatic N) is 3. The van der Waals surface area contributed by atoms with E-state index < -0.39 is 15.3 Å². The van der Waals surface area contributed by atoms with Crippen LogP contribution in [0.2, 0.25) is 0 Å². The Morgan fingerprint density at radius 2 is 1.93 bits per heavy atom. The summed E-state index contributed by atoms with van der Waals surface area (Å²) in [4.78, 5) is 16.3. The van der Waals surface area contributed by atoms with Gasteiger partial charge in [0, 0.05) is 11.9 Å². The van der Waals surface area contributed by atoms with Crippen molar-refractivity contribution < 1.29 is 13.2 Å². The van der Waals surface area contributed by atoms with Crippen LogP contribution in [-0.4, -0.2) is 34.8 Å². The van der Waals surface area contributed by atoms with Crippen LogP contribution in [0.25, 0.3) is 0 Å². The Morgan fingerprint density at radius 1 is 1.18 bits per heavy atom. The Morgan fingerprint density at radius 3 is 2.54 bits per heavy atom. The number of amides is 1. The lowest BCUT2D eigenvalue weighted by Crippen LogP contribution is -2.22. The Kier molecular flexibility index (Phi) is 6.11. The second kappa shape index (κ2) is 8.54. The van der Waals surface area contributed by atoms with Crippen LogP contribution in [0.3, 0.4) is 0 Å². The lowest BCUT2D eigenvalue weighted by atomic mass is 10.3. The zero-order chi connectivity index (χ0) is 20.1. The van der Waals surface area contributed by atoms with Gasteiger partial charge in [0.2, 0.25) is 11.0 Å². The topological polar surface area (TPSA) is 140 Å². The molecule has 1 atom stereocenters. The van der Waals surface area contributed by atoms with Crippen LogP contribution in [0.1, 0.15) is 6.92 Å². The van der Waals surface area contributed by atoms with Crippen molar-refractivity contribution in [1.82, 2.24) is 15.2 Å². The van der Waals surface area contributed by atoms with Crippen molar-refractivity contribution in [2.45, 2.75) is 21.4 Å². The molecule has 1 unspecified atom stereocenters. The van der Waals surface area contributed by atoms with E-state index in [9.17, 15) is 13.2 Å². The van der Waals surface area contributed by atoms with Gasteiger partial charge in [0.15, 0.2) is 4.34 Å². The van der Waals surface area contributed by atoms with Gasteiger partial charge >= 0.3 is 0 Å². The summed E-state index contributed by atoms with van der Waals surface area (Å²) in [6, 6.07) is 10.8. The molecule has 1 aromatic carbocycles. The third-order valence-electron chi connectivity index (χ3n) is 3.40. The normalized spacial score (nSPS) is 12.3. The van der Waals surface area contributed by atoms with E-state index in [1.165, 1.54) is 53.6 Å². The molecule has 0 aliphatic carbocycles. The molecule has 28 heavy (non-hydrogen) atoms. The van der Waals surface area contributed by atoms with Crippen molar-refractivity contribution in [2.24, 2.45) is 0 Å². The minimum absolute atomic E-state index is 0.0583. The molecule has 0 spiro atoms. The van der Waals surface area contributed by atoms with Crippen molar-refractivity contribution in [1.29, 1.82) is 0 Å². The van der Waals surface area contributed by atoms with Crippen LogP contribution in [-0.2, 0) is 14.8 Å². The van der Waals surface area contributed by atoms with Gasteiger partial charge in [-0.3, -0.25) is 9.52 Å². The number of pyridine rings is 1. The molecule has 2 heterocycles. The van der Waals surface area contributed by atoms with Gasteiger partial charge in [0.25, 0.3) is 10.0 Å². The lowest BCUT2D eigenvalue weighted by molar-refractivity contribution is -0.115. The molecule has 9 nitrogen and oxygen atoms in total. The average molecular weight is 437 g/mol. The molecule has 1 amide bonds. The van der Waals surface area contributed by atoms with Crippen LogP contribution < -0.4 is 15.8 Å². The molecule has 0 saturated carbocycles. The maximum atomic E-state index is 12.4. The van der Waals surface area contributed by atoms with Crippen molar-refractivity contribution in [3.8, 4) is 0 Å². The number of sulfonamides is 1. The molecule has 0 aliphatic rings. The first kappa shape index (κ1) is 20.0. The Bertz CT molecular complexity index is 1050. The van der Waals surface area contributed by atoms with Crippen LogP contribution in [0.15, 0.2) is 57.9 Å². The van der Waals surface area contributed by atoms with Crippen molar-refractivity contribution >= 4 is 55.7 Å². The third kappa shape index (κ3) is 5.18. The summed E-state index contributed by atoms with van der Waals surface area (Å²) >= 11 is 2.45. The molecule has 0 aliphatic heterocycles. The molecule has 0 bridgehead atoms. The molecule has 146 valence electrons. The number of carbonyl (C=O) groups excluding carboxylic acids is 1. The molecule has 4 N–H and O–H groups in total. The van der Waals surface area contributed by atoms with Crippen LogP contribution in [0.4, 0.5) is 16.6 Å². The van der Waals surface area contributed by atoms with E-state index in [2.05, 4.69) is 25.2 Å². The highest BCUT2D eigenvalue weighted by Gasteiger charge is 2.18. The summed E-state index contributed by atoms with van der Waals surface area (Å²) in [7, 11) is -3.77. The van der Waals surface area contributed by atoms with Gasteiger partial charge in [-0.05, 0) is 43.3 Å². The fraction of sp³-hybridized carbons (Fsp3) is 0.125. The van der Waals surface area contributed by atoms with Crippen LogP contribution in [0.5, 0.6) is 0 Å². The number of carbonyl (C=O) groups is 1. The maximum absolute atomic E-state index is 12.4. The van der Waals surface area contributed by atoms with Gasteiger partial charge in [-0.25, -0.2) is 13.4 Å². The summed E-state index contributed by atoms with van der Waals surface area (Å²) in [5.41, 5.74) is 6.00. The number of hydrogen-bond donors (Lipinski definition) is 3. The highest BCUT2D eigenvalue weighted by molar-refractivity contribution is 8.02. The number of anilines is 3. The predicted molar refractivity (Wildman–Crippen MR) is 110 cm³/mol. The molecule has 0 saturated heterocycles. The van der Waals surface area contributed by atoms with Crippen molar-refractivity contribution in [3.05, 3.63) is 48.7 Å². The van der Waals surface area contributed by atoms with Crippen molar-refractivity contribution in [2.75, 3.05) is 15.8 Å². The zero-order valence-corrected chi connectivity index (χ0v) is 17.0. The van der Waals surface area contributed by atoms with Gasteiger partial charge in [0.1, 0.15) is 5.82 Å². The van der Waals surface area contributed by atoms with E-state index >= 15 is 0 Å². The first-order chi connectivity index (χ1) is 13.3. The highest BCUT2D eigenvalue weighted by atomic mass is 32.2. The predicted octanol–water partition coefficient (Wildman–Crippen LogP) is 2.44. The molecule has 2 aromatic heterocycles. The van der Waals surface area contributed by atoms with E-state index in [1.54, 1.807) is 25.1 Å². The fourth-order valence-electron chi connectivity index (χ4n) is 2.05. The lowest BCUT2D eigenvalue weighted by Gasteiger charge is -2.11. The standard InChI is InChI=1S/C16H16N6O3S3/c1-10(26-16-21-20-15(17)27-16)14(23)19-11-5-7-12(8-6-11)28(24,25)22-13-4-2-3-9-18-13/h2-10H,1H3,(H2,17,20)(H,18,22)(H,19,23).